The maximum Gasteiger partial charge on any atom is 0.228 e. The van der Waals surface area contributed by atoms with Gasteiger partial charge in [0.2, 0.25) is 11.8 Å². The van der Waals surface area contributed by atoms with Crippen molar-refractivity contribution in [3.05, 3.63) is 59.9 Å². The molecule has 2 aromatic rings. The van der Waals surface area contributed by atoms with E-state index in [-0.39, 0.29) is 36.0 Å². The summed E-state index contributed by atoms with van der Waals surface area (Å²) in [5.41, 5.74) is 1.02. The van der Waals surface area contributed by atoms with E-state index in [4.69, 9.17) is 4.74 Å². The highest BCUT2D eigenvalue weighted by molar-refractivity contribution is 6.00. The van der Waals surface area contributed by atoms with Gasteiger partial charge in [0.15, 0.2) is 0 Å². The third-order valence-electron chi connectivity index (χ3n) is 4.32. The Balaban J connectivity index is 1.52. The standard InChI is InChI=1S/C20H21FN2O3/c1-2-26-18-10-6-5-9-17(18)23-20(25)15-11-14(15)19(24)22-12-13-7-3-4-8-16(13)21/h3-10,14-15H,2,11-12H2,1H3,(H,22,24)(H,23,25). The molecule has 0 bridgehead atoms. The van der Waals surface area contributed by atoms with Gasteiger partial charge in [-0.05, 0) is 31.5 Å². The van der Waals surface area contributed by atoms with Crippen molar-refractivity contribution in [1.82, 2.24) is 5.32 Å². The summed E-state index contributed by atoms with van der Waals surface area (Å²) in [6.07, 6.45) is 0.492. The zero-order valence-corrected chi connectivity index (χ0v) is 14.5. The fraction of sp³-hybridized carbons (Fsp3) is 0.300. The Morgan fingerprint density at radius 3 is 2.54 bits per heavy atom. The fourth-order valence-corrected chi connectivity index (χ4v) is 2.81. The van der Waals surface area contributed by atoms with Crippen LogP contribution in [0.15, 0.2) is 48.5 Å². The Morgan fingerprint density at radius 1 is 1.08 bits per heavy atom. The molecular formula is C20H21FN2O3. The monoisotopic (exact) mass is 356 g/mol. The summed E-state index contributed by atoms with van der Waals surface area (Å²) in [5.74, 6) is -0.934. The number of carbonyl (C=O) groups is 2. The van der Waals surface area contributed by atoms with Crippen molar-refractivity contribution in [2.24, 2.45) is 11.8 Å². The lowest BCUT2D eigenvalue weighted by Gasteiger charge is -2.11. The maximum atomic E-state index is 13.6. The molecule has 5 nitrogen and oxygen atoms in total. The number of hydrogen-bond donors (Lipinski definition) is 2. The highest BCUT2D eigenvalue weighted by Gasteiger charge is 2.48. The Kier molecular flexibility index (Phi) is 5.51. The first-order valence-electron chi connectivity index (χ1n) is 8.64. The molecule has 2 unspecified atom stereocenters. The lowest BCUT2D eigenvalue weighted by Crippen LogP contribution is -2.27. The molecule has 2 N–H and O–H groups in total. The van der Waals surface area contributed by atoms with Gasteiger partial charge in [0, 0.05) is 12.1 Å². The molecule has 2 atom stereocenters. The van der Waals surface area contributed by atoms with E-state index in [0.29, 0.717) is 30.0 Å². The van der Waals surface area contributed by atoms with Crippen molar-refractivity contribution >= 4 is 17.5 Å². The average molecular weight is 356 g/mol. The van der Waals surface area contributed by atoms with E-state index in [1.807, 2.05) is 19.1 Å². The molecule has 6 heteroatoms. The molecule has 0 heterocycles. The Hall–Kier alpha value is -2.89. The minimum atomic E-state index is -0.374. The second-order valence-corrected chi connectivity index (χ2v) is 6.18. The molecular weight excluding hydrogens is 335 g/mol. The zero-order valence-electron chi connectivity index (χ0n) is 14.5. The van der Waals surface area contributed by atoms with Crippen LogP contribution in [0.4, 0.5) is 10.1 Å². The Labute approximate surface area is 151 Å². The van der Waals surface area contributed by atoms with Crippen LogP contribution in [0.25, 0.3) is 0 Å². The SMILES string of the molecule is CCOc1ccccc1NC(=O)C1CC1C(=O)NCc1ccccc1F. The third kappa shape index (κ3) is 4.20. The molecule has 1 aliphatic rings. The second kappa shape index (κ2) is 7.99. The molecule has 1 aliphatic carbocycles. The number of carbonyl (C=O) groups excluding carboxylic acids is 2. The van der Waals surface area contributed by atoms with Crippen LogP contribution in [0.2, 0.25) is 0 Å². The molecule has 1 saturated carbocycles. The first kappa shape index (κ1) is 17.9. The predicted octanol–water partition coefficient (Wildman–Crippen LogP) is 3.12. The topological polar surface area (TPSA) is 67.4 Å². The van der Waals surface area contributed by atoms with Crippen molar-refractivity contribution in [3.8, 4) is 5.75 Å². The molecule has 0 aliphatic heterocycles. The van der Waals surface area contributed by atoms with Gasteiger partial charge in [-0.25, -0.2) is 4.39 Å². The van der Waals surface area contributed by atoms with Crippen LogP contribution in [-0.4, -0.2) is 18.4 Å². The minimum absolute atomic E-state index is 0.115. The van der Waals surface area contributed by atoms with E-state index in [0.717, 1.165) is 0 Å². The lowest BCUT2D eigenvalue weighted by molar-refractivity contribution is -0.125. The minimum Gasteiger partial charge on any atom is -0.492 e. The molecule has 0 radical (unpaired) electrons. The number of amides is 2. The predicted molar refractivity (Wildman–Crippen MR) is 96.1 cm³/mol. The fourth-order valence-electron chi connectivity index (χ4n) is 2.81. The van der Waals surface area contributed by atoms with Gasteiger partial charge in [-0.15, -0.1) is 0 Å². The first-order valence-corrected chi connectivity index (χ1v) is 8.64. The molecule has 26 heavy (non-hydrogen) atoms. The van der Waals surface area contributed by atoms with Crippen molar-refractivity contribution in [3.63, 3.8) is 0 Å². The van der Waals surface area contributed by atoms with E-state index in [2.05, 4.69) is 10.6 Å². The number of hydrogen-bond acceptors (Lipinski definition) is 3. The first-order chi connectivity index (χ1) is 12.6. The van der Waals surface area contributed by atoms with Crippen LogP contribution < -0.4 is 15.4 Å². The number of rotatable bonds is 7. The molecule has 136 valence electrons. The number of halogens is 1. The molecule has 0 aromatic heterocycles. The highest BCUT2D eigenvalue weighted by Crippen LogP contribution is 2.40. The van der Waals surface area contributed by atoms with E-state index in [9.17, 15) is 14.0 Å². The summed E-state index contributed by atoms with van der Waals surface area (Å²) in [6, 6.07) is 13.5. The second-order valence-electron chi connectivity index (χ2n) is 6.18. The number of para-hydroxylation sites is 2. The van der Waals surface area contributed by atoms with Gasteiger partial charge in [-0.1, -0.05) is 30.3 Å². The Bertz CT molecular complexity index is 809. The van der Waals surface area contributed by atoms with Crippen LogP contribution in [0, 0.1) is 17.7 Å². The van der Waals surface area contributed by atoms with Gasteiger partial charge >= 0.3 is 0 Å². The molecule has 0 saturated heterocycles. The lowest BCUT2D eigenvalue weighted by atomic mass is 10.2. The van der Waals surface area contributed by atoms with Gasteiger partial charge in [-0.2, -0.15) is 0 Å². The van der Waals surface area contributed by atoms with Crippen molar-refractivity contribution in [2.75, 3.05) is 11.9 Å². The largest absolute Gasteiger partial charge is 0.492 e. The van der Waals surface area contributed by atoms with Crippen LogP contribution in [0.1, 0.15) is 18.9 Å². The maximum absolute atomic E-state index is 13.6. The van der Waals surface area contributed by atoms with E-state index < -0.39 is 0 Å². The molecule has 0 spiro atoms. The summed E-state index contributed by atoms with van der Waals surface area (Å²) in [6.45, 7) is 2.48. The summed E-state index contributed by atoms with van der Waals surface area (Å²) < 4.78 is 19.1. The summed E-state index contributed by atoms with van der Waals surface area (Å²) in [7, 11) is 0. The van der Waals surface area contributed by atoms with Crippen molar-refractivity contribution in [1.29, 1.82) is 0 Å². The number of nitrogens with one attached hydrogen (secondary N) is 2. The van der Waals surface area contributed by atoms with Gasteiger partial charge in [-0.3, -0.25) is 9.59 Å². The van der Waals surface area contributed by atoms with Crippen LogP contribution in [0.3, 0.4) is 0 Å². The quantitative estimate of drug-likeness (QED) is 0.801. The van der Waals surface area contributed by atoms with Crippen LogP contribution >= 0.6 is 0 Å². The van der Waals surface area contributed by atoms with E-state index in [1.54, 1.807) is 30.3 Å². The van der Waals surface area contributed by atoms with Crippen molar-refractivity contribution < 1.29 is 18.7 Å². The van der Waals surface area contributed by atoms with Crippen LogP contribution in [0.5, 0.6) is 5.75 Å². The van der Waals surface area contributed by atoms with E-state index in [1.165, 1.54) is 6.07 Å². The smallest absolute Gasteiger partial charge is 0.228 e. The van der Waals surface area contributed by atoms with Gasteiger partial charge in [0.25, 0.3) is 0 Å². The van der Waals surface area contributed by atoms with Gasteiger partial charge in [0.05, 0.1) is 24.1 Å². The molecule has 3 rings (SSSR count). The summed E-state index contributed by atoms with van der Waals surface area (Å²) >= 11 is 0. The van der Waals surface area contributed by atoms with Gasteiger partial charge in [0.1, 0.15) is 11.6 Å². The number of benzene rings is 2. The van der Waals surface area contributed by atoms with Crippen molar-refractivity contribution in [2.45, 2.75) is 19.9 Å². The molecule has 2 amide bonds. The van der Waals surface area contributed by atoms with Crippen LogP contribution in [-0.2, 0) is 16.1 Å². The van der Waals surface area contributed by atoms with Gasteiger partial charge < -0.3 is 15.4 Å². The number of anilines is 1. The average Bonchev–Trinajstić information content (AvgIpc) is 3.44. The number of ether oxygens (including phenoxy) is 1. The normalized spacial score (nSPS) is 18.1. The van der Waals surface area contributed by atoms with E-state index >= 15 is 0 Å². The molecule has 1 fully saturated rings. The Morgan fingerprint density at radius 2 is 1.77 bits per heavy atom. The molecule has 2 aromatic carbocycles. The highest BCUT2D eigenvalue weighted by atomic mass is 19.1. The summed E-state index contributed by atoms with van der Waals surface area (Å²) in [4.78, 5) is 24.6. The zero-order chi connectivity index (χ0) is 18.5. The third-order valence-corrected chi connectivity index (χ3v) is 4.32. The summed E-state index contributed by atoms with van der Waals surface area (Å²) in [5, 5.41) is 5.52.